The van der Waals surface area contributed by atoms with Gasteiger partial charge in [0.1, 0.15) is 0 Å². The summed E-state index contributed by atoms with van der Waals surface area (Å²) >= 11 is 0. The minimum atomic E-state index is -0.250. The van der Waals surface area contributed by atoms with E-state index in [0.29, 0.717) is 0 Å². The number of rotatable bonds is 8. The molecule has 0 aromatic heterocycles. The van der Waals surface area contributed by atoms with Crippen molar-refractivity contribution in [2.75, 3.05) is 0 Å². The molecule has 0 bridgehead atoms. The van der Waals surface area contributed by atoms with E-state index in [4.69, 9.17) is 0 Å². The lowest BCUT2D eigenvalue weighted by Crippen LogP contribution is -2.50. The van der Waals surface area contributed by atoms with Crippen molar-refractivity contribution < 1.29 is 0 Å². The first kappa shape index (κ1) is 17.1. The van der Waals surface area contributed by atoms with E-state index < -0.39 is 0 Å². The summed E-state index contributed by atoms with van der Waals surface area (Å²) in [7, 11) is 0. The fourth-order valence-corrected chi connectivity index (χ4v) is 5.00. The third kappa shape index (κ3) is 3.09. The molecule has 0 N–H and O–H groups in total. The predicted molar refractivity (Wildman–Crippen MR) is 84.6 cm³/mol. The van der Waals surface area contributed by atoms with Gasteiger partial charge in [0.15, 0.2) is 0 Å². The molecule has 0 rings (SSSR count). The minimum absolute atomic E-state index is 0.250. The van der Waals surface area contributed by atoms with Crippen molar-refractivity contribution in [1.82, 2.24) is 0 Å². The van der Waals surface area contributed by atoms with Crippen molar-refractivity contribution in [3.63, 3.8) is 0 Å². The van der Waals surface area contributed by atoms with Crippen LogP contribution < -0.4 is 0 Å². The van der Waals surface area contributed by atoms with Gasteiger partial charge < -0.3 is 0 Å². The Labute approximate surface area is 111 Å². The van der Waals surface area contributed by atoms with Gasteiger partial charge in [-0.05, 0) is 0 Å². The SMILES string of the molecule is CCC(C)[B-](C(C)CC)(C(C)CC)C(C)CC. The van der Waals surface area contributed by atoms with Crippen LogP contribution in [0.1, 0.15) is 81.1 Å². The van der Waals surface area contributed by atoms with Gasteiger partial charge in [-0.25, -0.2) is 0 Å². The molecule has 0 saturated heterocycles. The Kier molecular flexibility index (Phi) is 7.52. The molecule has 4 atom stereocenters. The van der Waals surface area contributed by atoms with Gasteiger partial charge in [-0.3, -0.25) is 0 Å². The number of hydrogen-bond acceptors (Lipinski definition) is 0. The first-order valence-electron chi connectivity index (χ1n) is 8.10. The lowest BCUT2D eigenvalue weighted by Gasteiger charge is -2.58. The van der Waals surface area contributed by atoms with Gasteiger partial charge in [0.05, 0.1) is 0 Å². The van der Waals surface area contributed by atoms with Crippen LogP contribution in [0.2, 0.25) is 23.3 Å². The van der Waals surface area contributed by atoms with Crippen LogP contribution in [-0.4, -0.2) is 6.15 Å². The average Bonchev–Trinajstić information content (AvgIpc) is 2.37. The van der Waals surface area contributed by atoms with Gasteiger partial charge in [0.25, 0.3) is 0 Å². The van der Waals surface area contributed by atoms with Crippen LogP contribution in [0.25, 0.3) is 0 Å². The predicted octanol–water partition coefficient (Wildman–Crippen LogP) is 6.64. The van der Waals surface area contributed by atoms with E-state index in [1.165, 1.54) is 25.7 Å². The van der Waals surface area contributed by atoms with E-state index in [0.717, 1.165) is 23.3 Å². The monoisotopic (exact) mass is 239 g/mol. The Balaban J connectivity index is 5.51. The summed E-state index contributed by atoms with van der Waals surface area (Å²) in [6.07, 6.45) is 5.14. The Morgan fingerprint density at radius 1 is 0.529 bits per heavy atom. The zero-order valence-corrected chi connectivity index (χ0v) is 13.7. The molecule has 0 aliphatic rings. The van der Waals surface area contributed by atoms with Gasteiger partial charge in [0.2, 0.25) is 0 Å². The first-order chi connectivity index (χ1) is 7.93. The Morgan fingerprint density at radius 2 is 0.706 bits per heavy atom. The Morgan fingerprint density at radius 3 is 0.824 bits per heavy atom. The maximum absolute atomic E-state index is 2.52. The van der Waals surface area contributed by atoms with Gasteiger partial charge in [0, 0.05) is 6.15 Å². The van der Waals surface area contributed by atoms with Crippen LogP contribution in [0, 0.1) is 0 Å². The third-order valence-electron chi connectivity index (χ3n) is 6.52. The van der Waals surface area contributed by atoms with Gasteiger partial charge in [-0.2, -0.15) is 23.3 Å². The molecule has 0 nitrogen and oxygen atoms in total. The molecule has 0 radical (unpaired) electrons. The zero-order chi connectivity index (χ0) is 13.6. The van der Waals surface area contributed by atoms with Crippen LogP contribution in [0.4, 0.5) is 0 Å². The van der Waals surface area contributed by atoms with Crippen LogP contribution in [-0.2, 0) is 0 Å². The van der Waals surface area contributed by atoms with E-state index in [9.17, 15) is 0 Å². The van der Waals surface area contributed by atoms with Crippen molar-refractivity contribution in [1.29, 1.82) is 0 Å². The molecule has 104 valence electrons. The molecule has 1 heteroatoms. The first-order valence-corrected chi connectivity index (χ1v) is 8.10. The summed E-state index contributed by atoms with van der Waals surface area (Å²) in [6, 6.07) is 0. The summed E-state index contributed by atoms with van der Waals surface area (Å²) < 4.78 is 0. The maximum Gasteiger partial charge on any atom is 0.0118 e. The Bertz CT molecular complexity index is 154. The van der Waals surface area contributed by atoms with E-state index in [1.54, 1.807) is 0 Å². The quantitative estimate of drug-likeness (QED) is 0.417. The molecule has 0 amide bonds. The lowest BCUT2D eigenvalue weighted by molar-refractivity contribution is 0.632. The smallest absolute Gasteiger partial charge is 0.0118 e. The number of hydrogen-bond donors (Lipinski definition) is 0. The second-order valence-corrected chi connectivity index (χ2v) is 6.70. The molecule has 0 spiro atoms. The van der Waals surface area contributed by atoms with E-state index in [1.807, 2.05) is 0 Å². The lowest BCUT2D eigenvalue weighted by atomic mass is 9.04. The summed E-state index contributed by atoms with van der Waals surface area (Å²) in [5.41, 5.74) is 0. The van der Waals surface area contributed by atoms with Crippen molar-refractivity contribution in [3.05, 3.63) is 0 Å². The van der Waals surface area contributed by atoms with Crippen LogP contribution in [0.3, 0.4) is 0 Å². The average molecular weight is 239 g/mol. The van der Waals surface area contributed by atoms with E-state index in [2.05, 4.69) is 55.4 Å². The van der Waals surface area contributed by atoms with Crippen molar-refractivity contribution in [2.24, 2.45) is 0 Å². The largest absolute Gasteiger partial charge is 0.169 e. The topological polar surface area (TPSA) is 0 Å². The molecule has 0 heterocycles. The molecule has 4 unspecified atom stereocenters. The van der Waals surface area contributed by atoms with Crippen molar-refractivity contribution in [2.45, 2.75) is 104 Å². The molecular weight excluding hydrogens is 203 g/mol. The normalized spacial score (nSPS) is 22.6. The molecular formula is C16H36B-. The second-order valence-electron chi connectivity index (χ2n) is 6.70. The van der Waals surface area contributed by atoms with Gasteiger partial charge in [-0.1, -0.05) is 81.1 Å². The highest BCUT2D eigenvalue weighted by Crippen LogP contribution is 2.53. The van der Waals surface area contributed by atoms with E-state index >= 15 is 0 Å². The molecule has 0 aliphatic heterocycles. The molecule has 0 fully saturated rings. The molecule has 0 saturated carbocycles. The van der Waals surface area contributed by atoms with E-state index in [-0.39, 0.29) is 6.15 Å². The van der Waals surface area contributed by atoms with Gasteiger partial charge in [-0.15, -0.1) is 0 Å². The maximum atomic E-state index is 2.52. The van der Waals surface area contributed by atoms with Crippen molar-refractivity contribution >= 4 is 6.15 Å². The fraction of sp³-hybridized carbons (Fsp3) is 1.00. The molecule has 17 heavy (non-hydrogen) atoms. The van der Waals surface area contributed by atoms with Crippen LogP contribution in [0.5, 0.6) is 0 Å². The summed E-state index contributed by atoms with van der Waals surface area (Å²) in [5, 5.41) is 0. The molecule has 0 aromatic rings. The second kappa shape index (κ2) is 7.49. The fourth-order valence-electron chi connectivity index (χ4n) is 5.00. The highest BCUT2D eigenvalue weighted by molar-refractivity contribution is 6.84. The highest BCUT2D eigenvalue weighted by atomic mass is 14.2. The van der Waals surface area contributed by atoms with Crippen LogP contribution >= 0.6 is 0 Å². The minimum Gasteiger partial charge on any atom is -0.169 e. The zero-order valence-electron chi connectivity index (χ0n) is 13.7. The molecule has 0 aliphatic carbocycles. The van der Waals surface area contributed by atoms with Gasteiger partial charge >= 0.3 is 0 Å². The van der Waals surface area contributed by atoms with Crippen LogP contribution in [0.15, 0.2) is 0 Å². The van der Waals surface area contributed by atoms with Crippen molar-refractivity contribution in [3.8, 4) is 0 Å². The standard InChI is InChI=1S/C16H36B/c1-9-13(5)17(14(6)10-2,15(7)11-3)16(8)12-4/h13-16H,9-12H2,1-8H3/q-1. The molecule has 0 aromatic carbocycles. The summed E-state index contributed by atoms with van der Waals surface area (Å²) in [6.45, 7) is 19.6. The third-order valence-corrected chi connectivity index (χ3v) is 6.52. The summed E-state index contributed by atoms with van der Waals surface area (Å²) in [4.78, 5) is 0. The highest BCUT2D eigenvalue weighted by Gasteiger charge is 2.40. The summed E-state index contributed by atoms with van der Waals surface area (Å²) in [5.74, 6) is 3.59. The Hall–Kier alpha value is 0.0649.